The number of rotatable bonds is 3. The zero-order valence-corrected chi connectivity index (χ0v) is 15.9. The number of aromatic amines is 2. The second kappa shape index (κ2) is 7.04. The molecule has 2 N–H and O–H groups in total. The maximum atomic E-state index is 12.4. The molecule has 0 saturated heterocycles. The Bertz CT molecular complexity index is 1390. The summed E-state index contributed by atoms with van der Waals surface area (Å²) in [5, 5.41) is 1.52. The van der Waals surface area contributed by atoms with Crippen molar-refractivity contribution in [3.8, 4) is 33.6 Å². The summed E-state index contributed by atoms with van der Waals surface area (Å²) in [5.74, 6) is 0. The molecule has 0 aliphatic carbocycles. The van der Waals surface area contributed by atoms with Crippen molar-refractivity contribution in [3.05, 3.63) is 94.6 Å². The average molecular weight is 399 g/mol. The molecule has 0 unspecified atom stereocenters. The van der Waals surface area contributed by atoms with Gasteiger partial charge in [-0.2, -0.15) is 0 Å². The number of fused-ring (bicyclic) bond motifs is 1. The molecule has 140 valence electrons. The topological polar surface area (TPSA) is 74.4 Å². The van der Waals surface area contributed by atoms with Crippen LogP contribution in [-0.2, 0) is 0 Å². The molecular weight excluding hydrogens is 384 g/mol. The third-order valence-corrected chi connectivity index (χ3v) is 5.15. The van der Waals surface area contributed by atoms with Crippen LogP contribution in [0.4, 0.5) is 0 Å². The summed E-state index contributed by atoms with van der Waals surface area (Å²) in [6.07, 6.45) is 5.27. The number of aromatic nitrogens is 4. The van der Waals surface area contributed by atoms with Crippen molar-refractivity contribution in [1.82, 2.24) is 19.9 Å². The molecule has 0 bridgehead atoms. The number of halogens is 1. The molecule has 1 aromatic carbocycles. The summed E-state index contributed by atoms with van der Waals surface area (Å²) in [4.78, 5) is 27.2. The summed E-state index contributed by atoms with van der Waals surface area (Å²) in [5.41, 5.74) is 5.62. The molecule has 5 rings (SSSR count). The summed E-state index contributed by atoms with van der Waals surface area (Å²) in [7, 11) is 0. The van der Waals surface area contributed by atoms with Crippen molar-refractivity contribution in [3.63, 3.8) is 0 Å². The van der Waals surface area contributed by atoms with Gasteiger partial charge in [0, 0.05) is 51.9 Å². The summed E-state index contributed by atoms with van der Waals surface area (Å²) >= 11 is 6.33. The first-order chi connectivity index (χ1) is 14.2. The highest BCUT2D eigenvalue weighted by atomic mass is 35.5. The molecule has 0 aliphatic rings. The number of nitrogens with one attached hydrogen (secondary N) is 2. The first-order valence-corrected chi connectivity index (χ1v) is 9.44. The minimum Gasteiger partial charge on any atom is -0.339 e. The number of benzene rings is 1. The zero-order valence-electron chi connectivity index (χ0n) is 15.2. The molecule has 5 aromatic rings. The first kappa shape index (κ1) is 17.4. The zero-order chi connectivity index (χ0) is 19.8. The number of nitrogens with zero attached hydrogens (tertiary/aromatic N) is 2. The van der Waals surface area contributed by atoms with Crippen molar-refractivity contribution < 1.29 is 0 Å². The van der Waals surface area contributed by atoms with Gasteiger partial charge in [0.25, 0.3) is 0 Å². The van der Waals surface area contributed by atoms with Gasteiger partial charge in [-0.25, -0.2) is 4.98 Å². The van der Waals surface area contributed by atoms with Crippen molar-refractivity contribution in [2.45, 2.75) is 0 Å². The lowest BCUT2D eigenvalue weighted by atomic mass is 10.0. The highest BCUT2D eigenvalue weighted by Gasteiger charge is 2.12. The fourth-order valence-electron chi connectivity index (χ4n) is 3.48. The van der Waals surface area contributed by atoms with Crippen LogP contribution in [0.2, 0.25) is 5.02 Å². The predicted octanol–water partition coefficient (Wildman–Crippen LogP) is 5.30. The van der Waals surface area contributed by atoms with Gasteiger partial charge in [0.1, 0.15) is 5.65 Å². The van der Waals surface area contributed by atoms with Crippen LogP contribution in [-0.4, -0.2) is 19.9 Å². The van der Waals surface area contributed by atoms with Gasteiger partial charge >= 0.3 is 0 Å². The second-order valence-electron chi connectivity index (χ2n) is 6.67. The maximum absolute atomic E-state index is 12.4. The standard InChI is InChI=1S/C23H15ClN4O/c24-19-6-2-1-5-17(19)21-10-15(11-22(29)27-21)16-7-9-26-23-18(16)12-20(28-23)14-4-3-8-25-13-14/h1-13H,(H,26,28)(H,27,29). The van der Waals surface area contributed by atoms with Crippen molar-refractivity contribution in [2.24, 2.45) is 0 Å². The molecule has 0 saturated carbocycles. The maximum Gasteiger partial charge on any atom is 0.249 e. The van der Waals surface area contributed by atoms with Crippen LogP contribution < -0.4 is 5.56 Å². The number of hydrogen-bond acceptors (Lipinski definition) is 3. The Hall–Kier alpha value is -3.70. The Morgan fingerprint density at radius 3 is 2.52 bits per heavy atom. The van der Waals surface area contributed by atoms with Crippen LogP contribution in [0.1, 0.15) is 0 Å². The van der Waals surface area contributed by atoms with Crippen molar-refractivity contribution >= 4 is 22.6 Å². The quantitative estimate of drug-likeness (QED) is 0.433. The van der Waals surface area contributed by atoms with Gasteiger partial charge in [0.15, 0.2) is 0 Å². The SMILES string of the molecule is O=c1cc(-c2ccnc3[nH]c(-c4cccnc4)cc23)cc(-c2ccccc2Cl)[nH]1. The van der Waals surface area contributed by atoms with Crippen LogP contribution >= 0.6 is 11.6 Å². The van der Waals surface area contributed by atoms with Gasteiger partial charge in [-0.05, 0) is 47.5 Å². The number of H-pyrrole nitrogens is 2. The van der Waals surface area contributed by atoms with E-state index in [9.17, 15) is 4.79 Å². The molecular formula is C23H15ClN4O. The lowest BCUT2D eigenvalue weighted by Gasteiger charge is -2.08. The normalized spacial score (nSPS) is 11.1. The Labute approximate surface area is 171 Å². The van der Waals surface area contributed by atoms with E-state index in [0.717, 1.165) is 39.0 Å². The van der Waals surface area contributed by atoms with E-state index in [4.69, 9.17) is 11.6 Å². The van der Waals surface area contributed by atoms with E-state index in [1.54, 1.807) is 30.7 Å². The fraction of sp³-hybridized carbons (Fsp3) is 0. The average Bonchev–Trinajstić information content (AvgIpc) is 3.19. The Kier molecular flexibility index (Phi) is 4.22. The van der Waals surface area contributed by atoms with Crippen LogP contribution in [0.3, 0.4) is 0 Å². The van der Waals surface area contributed by atoms with Gasteiger partial charge in [0.2, 0.25) is 5.56 Å². The summed E-state index contributed by atoms with van der Waals surface area (Å²) in [6.45, 7) is 0. The third-order valence-electron chi connectivity index (χ3n) is 4.82. The smallest absolute Gasteiger partial charge is 0.249 e. The van der Waals surface area contributed by atoms with E-state index in [1.165, 1.54) is 0 Å². The van der Waals surface area contributed by atoms with Gasteiger partial charge in [0.05, 0.1) is 5.69 Å². The number of hydrogen-bond donors (Lipinski definition) is 2. The molecule has 0 fully saturated rings. The van der Waals surface area contributed by atoms with E-state index in [1.807, 2.05) is 48.5 Å². The van der Waals surface area contributed by atoms with E-state index in [0.29, 0.717) is 10.7 Å². The lowest BCUT2D eigenvalue weighted by Crippen LogP contribution is -2.06. The van der Waals surface area contributed by atoms with Crippen molar-refractivity contribution in [1.29, 1.82) is 0 Å². The van der Waals surface area contributed by atoms with Crippen LogP contribution in [0.5, 0.6) is 0 Å². The minimum atomic E-state index is -0.189. The fourth-order valence-corrected chi connectivity index (χ4v) is 3.72. The number of pyridine rings is 3. The van der Waals surface area contributed by atoms with Crippen LogP contribution in [0, 0.1) is 0 Å². The highest BCUT2D eigenvalue weighted by molar-refractivity contribution is 6.33. The highest BCUT2D eigenvalue weighted by Crippen LogP contribution is 2.33. The van der Waals surface area contributed by atoms with Gasteiger partial charge in [-0.15, -0.1) is 0 Å². The monoisotopic (exact) mass is 398 g/mol. The largest absolute Gasteiger partial charge is 0.339 e. The Morgan fingerprint density at radius 2 is 1.69 bits per heavy atom. The van der Waals surface area contributed by atoms with E-state index in [2.05, 4.69) is 19.9 Å². The third kappa shape index (κ3) is 3.22. The van der Waals surface area contributed by atoms with Gasteiger partial charge in [-0.3, -0.25) is 9.78 Å². The molecule has 0 aliphatic heterocycles. The molecule has 0 atom stereocenters. The molecule has 4 aromatic heterocycles. The molecule has 0 spiro atoms. The lowest BCUT2D eigenvalue weighted by molar-refractivity contribution is 1.24. The molecule has 5 nitrogen and oxygen atoms in total. The Morgan fingerprint density at radius 1 is 0.793 bits per heavy atom. The molecule has 0 amide bonds. The Balaban J connectivity index is 1.69. The van der Waals surface area contributed by atoms with E-state index < -0.39 is 0 Å². The molecule has 29 heavy (non-hydrogen) atoms. The van der Waals surface area contributed by atoms with Gasteiger partial charge in [-0.1, -0.05) is 29.8 Å². The van der Waals surface area contributed by atoms with Gasteiger partial charge < -0.3 is 9.97 Å². The van der Waals surface area contributed by atoms with Crippen LogP contribution in [0.15, 0.2) is 84.0 Å². The molecule has 6 heteroatoms. The minimum absolute atomic E-state index is 0.189. The van der Waals surface area contributed by atoms with E-state index >= 15 is 0 Å². The van der Waals surface area contributed by atoms with Crippen molar-refractivity contribution in [2.75, 3.05) is 0 Å². The second-order valence-corrected chi connectivity index (χ2v) is 7.08. The predicted molar refractivity (Wildman–Crippen MR) is 116 cm³/mol. The van der Waals surface area contributed by atoms with E-state index in [-0.39, 0.29) is 5.56 Å². The summed E-state index contributed by atoms with van der Waals surface area (Å²) < 4.78 is 0. The summed E-state index contributed by atoms with van der Waals surface area (Å²) in [6, 6.07) is 18.8. The first-order valence-electron chi connectivity index (χ1n) is 9.07. The molecule has 4 heterocycles. The van der Waals surface area contributed by atoms with Crippen LogP contribution in [0.25, 0.3) is 44.7 Å². The molecule has 0 radical (unpaired) electrons.